The van der Waals surface area contributed by atoms with E-state index < -0.39 is 20.6 Å². The van der Waals surface area contributed by atoms with E-state index in [9.17, 15) is 18.5 Å². The largest absolute Gasteiger partial charge is 0.318 e. The van der Waals surface area contributed by atoms with Crippen LogP contribution in [0, 0.1) is 44.7 Å². The Labute approximate surface area is 222 Å². The molecule has 196 valence electrons. The van der Waals surface area contributed by atoms with E-state index in [1.54, 1.807) is 25.3 Å². The van der Waals surface area contributed by atoms with Gasteiger partial charge in [-0.1, -0.05) is 35.9 Å². The molecule has 0 saturated heterocycles. The van der Waals surface area contributed by atoms with Crippen LogP contribution in [0.15, 0.2) is 76.7 Å². The summed E-state index contributed by atoms with van der Waals surface area (Å²) in [5, 5.41) is 16.0. The van der Waals surface area contributed by atoms with Gasteiger partial charge in [0.1, 0.15) is 5.69 Å². The Morgan fingerprint density at radius 3 is 2.29 bits per heavy atom. The predicted molar refractivity (Wildman–Crippen MR) is 151 cm³/mol. The second-order valence-electron chi connectivity index (χ2n) is 9.18. The van der Waals surface area contributed by atoms with Crippen LogP contribution in [-0.2, 0) is 10.0 Å². The summed E-state index contributed by atoms with van der Waals surface area (Å²) >= 11 is 0. The summed E-state index contributed by atoms with van der Waals surface area (Å²) in [6.07, 6.45) is 1.59. The number of anilines is 2. The van der Waals surface area contributed by atoms with Crippen molar-refractivity contribution in [3.8, 4) is 5.69 Å². The Bertz CT molecular complexity index is 1670. The van der Waals surface area contributed by atoms with Crippen molar-refractivity contribution in [2.45, 2.75) is 39.5 Å². The number of rotatable bonds is 8. The minimum Gasteiger partial charge on any atom is -0.318 e. The Morgan fingerprint density at radius 2 is 1.61 bits per heavy atom. The molecule has 10 heteroatoms. The smallest absolute Gasteiger partial charge is 0.295 e. The lowest BCUT2D eigenvalue weighted by atomic mass is 10.1. The minimum absolute atomic E-state index is 0.0735. The second kappa shape index (κ2) is 10.5. The quantitative estimate of drug-likeness (QED) is 0.160. The average Bonchev–Trinajstić information content (AvgIpc) is 3.14. The molecule has 0 spiro atoms. The van der Waals surface area contributed by atoms with Gasteiger partial charge in [0, 0.05) is 28.7 Å². The van der Waals surface area contributed by atoms with Crippen LogP contribution in [0.2, 0.25) is 0 Å². The highest BCUT2D eigenvalue weighted by molar-refractivity contribution is 7.92. The number of nitro benzene ring substituents is 1. The zero-order valence-corrected chi connectivity index (χ0v) is 22.6. The second-order valence-corrected chi connectivity index (χ2v) is 10.9. The van der Waals surface area contributed by atoms with E-state index in [1.807, 2.05) is 64.1 Å². The van der Waals surface area contributed by atoms with Gasteiger partial charge < -0.3 is 4.57 Å². The fraction of sp³-hybridized carbons (Fsp3) is 0.179. The Morgan fingerprint density at radius 1 is 0.895 bits per heavy atom. The number of nitrogens with one attached hydrogen (secondary N) is 2. The van der Waals surface area contributed by atoms with Gasteiger partial charge in [-0.3, -0.25) is 20.3 Å². The van der Waals surface area contributed by atoms with Crippen LogP contribution in [0.4, 0.5) is 17.1 Å². The summed E-state index contributed by atoms with van der Waals surface area (Å²) in [4.78, 5) is 10.9. The lowest BCUT2D eigenvalue weighted by Crippen LogP contribution is -2.14. The summed E-state index contributed by atoms with van der Waals surface area (Å²) in [7, 11) is -4.05. The number of nitrogens with zero attached hydrogens (tertiary/aromatic N) is 3. The number of aromatic nitrogens is 1. The summed E-state index contributed by atoms with van der Waals surface area (Å²) < 4.78 is 30.5. The molecule has 1 heterocycles. The SMILES string of the molecule is Cc1ccc(NS(=O)(=O)c2ccc(NN=Cc3cc(C)n(-c4ccccc4C)c3C)c([N+](=O)[O-])c2)c(C)c1. The molecular weight excluding hydrogens is 502 g/mol. The van der Waals surface area contributed by atoms with Crippen molar-refractivity contribution in [1.29, 1.82) is 0 Å². The molecule has 0 aliphatic heterocycles. The molecule has 0 radical (unpaired) electrons. The third kappa shape index (κ3) is 5.45. The van der Waals surface area contributed by atoms with Crippen molar-refractivity contribution in [2.75, 3.05) is 10.1 Å². The van der Waals surface area contributed by atoms with Gasteiger partial charge >= 0.3 is 0 Å². The molecule has 0 fully saturated rings. The van der Waals surface area contributed by atoms with E-state index in [1.165, 1.54) is 12.1 Å². The Balaban J connectivity index is 1.59. The maximum atomic E-state index is 13.0. The first kappa shape index (κ1) is 26.6. The number of para-hydroxylation sites is 1. The van der Waals surface area contributed by atoms with E-state index >= 15 is 0 Å². The Hall–Kier alpha value is -4.44. The zero-order valence-electron chi connectivity index (χ0n) is 21.8. The van der Waals surface area contributed by atoms with Crippen molar-refractivity contribution in [3.05, 3.63) is 110 Å². The number of hydrogen-bond acceptors (Lipinski definition) is 6. The molecule has 0 atom stereocenters. The molecule has 38 heavy (non-hydrogen) atoms. The molecule has 0 aliphatic rings. The van der Waals surface area contributed by atoms with E-state index in [0.717, 1.165) is 45.4 Å². The number of hydrazone groups is 1. The molecule has 0 amide bonds. The van der Waals surface area contributed by atoms with Gasteiger partial charge in [0.25, 0.3) is 15.7 Å². The first-order valence-electron chi connectivity index (χ1n) is 11.9. The molecule has 0 bridgehead atoms. The summed E-state index contributed by atoms with van der Waals surface area (Å²) in [5.41, 5.74) is 9.55. The van der Waals surface area contributed by atoms with Crippen molar-refractivity contribution < 1.29 is 13.3 Å². The first-order chi connectivity index (χ1) is 18.0. The molecule has 1 aromatic heterocycles. The standard InChI is InChI=1S/C28H29N5O4S/c1-18-10-12-25(20(3)14-18)31-38(36,37)24-11-13-26(28(16-24)33(34)35)30-29-17-23-15-21(4)32(22(23)5)27-9-7-6-8-19(27)2/h6-17,30-31H,1-5H3. The third-order valence-electron chi connectivity index (χ3n) is 6.32. The maximum Gasteiger partial charge on any atom is 0.295 e. The normalized spacial score (nSPS) is 11.6. The Kier molecular flexibility index (Phi) is 7.36. The van der Waals surface area contributed by atoms with E-state index in [4.69, 9.17) is 0 Å². The molecule has 2 N–H and O–H groups in total. The summed E-state index contributed by atoms with van der Waals surface area (Å²) in [6, 6.07) is 19.0. The number of nitro groups is 1. The van der Waals surface area contributed by atoms with Crippen LogP contribution in [0.1, 0.15) is 33.6 Å². The van der Waals surface area contributed by atoms with E-state index in [2.05, 4.69) is 19.8 Å². The molecular formula is C28H29N5O4S. The van der Waals surface area contributed by atoms with Crippen LogP contribution < -0.4 is 10.1 Å². The maximum absolute atomic E-state index is 13.0. The van der Waals surface area contributed by atoms with Crippen molar-refractivity contribution in [3.63, 3.8) is 0 Å². The lowest BCUT2D eigenvalue weighted by molar-refractivity contribution is -0.384. The topological polar surface area (TPSA) is 119 Å². The molecule has 4 rings (SSSR count). The van der Waals surface area contributed by atoms with Crippen LogP contribution in [0.5, 0.6) is 0 Å². The van der Waals surface area contributed by atoms with E-state index in [0.29, 0.717) is 5.69 Å². The zero-order chi connectivity index (χ0) is 27.6. The highest BCUT2D eigenvalue weighted by atomic mass is 32.2. The van der Waals surface area contributed by atoms with Crippen LogP contribution in [-0.4, -0.2) is 24.1 Å². The molecule has 0 saturated carbocycles. The van der Waals surface area contributed by atoms with Gasteiger partial charge in [0.15, 0.2) is 0 Å². The fourth-order valence-corrected chi connectivity index (χ4v) is 5.48. The van der Waals surface area contributed by atoms with Gasteiger partial charge in [0.2, 0.25) is 0 Å². The van der Waals surface area contributed by atoms with Crippen LogP contribution in [0.25, 0.3) is 5.69 Å². The van der Waals surface area contributed by atoms with E-state index in [-0.39, 0.29) is 10.6 Å². The third-order valence-corrected chi connectivity index (χ3v) is 7.68. The highest BCUT2D eigenvalue weighted by Gasteiger charge is 2.22. The van der Waals surface area contributed by atoms with Gasteiger partial charge in [0.05, 0.1) is 21.7 Å². The van der Waals surface area contributed by atoms with Crippen molar-refractivity contribution in [2.24, 2.45) is 5.10 Å². The summed E-state index contributed by atoms with van der Waals surface area (Å²) in [6.45, 7) is 9.72. The fourth-order valence-electron chi connectivity index (χ4n) is 4.33. The first-order valence-corrected chi connectivity index (χ1v) is 13.4. The number of hydrogen-bond donors (Lipinski definition) is 2. The van der Waals surface area contributed by atoms with Crippen LogP contribution >= 0.6 is 0 Å². The molecule has 0 aliphatic carbocycles. The minimum atomic E-state index is -4.05. The molecule has 4 aromatic rings. The van der Waals surface area contributed by atoms with Crippen molar-refractivity contribution >= 4 is 33.3 Å². The summed E-state index contributed by atoms with van der Waals surface area (Å²) in [5.74, 6) is 0. The van der Waals surface area contributed by atoms with Gasteiger partial charge in [-0.2, -0.15) is 5.10 Å². The molecule has 3 aromatic carbocycles. The number of sulfonamides is 1. The lowest BCUT2D eigenvalue weighted by Gasteiger charge is -2.12. The predicted octanol–water partition coefficient (Wildman–Crippen LogP) is 6.17. The van der Waals surface area contributed by atoms with Gasteiger partial charge in [-0.15, -0.1) is 0 Å². The monoisotopic (exact) mass is 531 g/mol. The van der Waals surface area contributed by atoms with Crippen molar-refractivity contribution in [1.82, 2.24) is 4.57 Å². The molecule has 9 nitrogen and oxygen atoms in total. The number of benzene rings is 3. The van der Waals surface area contributed by atoms with Gasteiger partial charge in [-0.05, 0) is 76.1 Å². The highest BCUT2D eigenvalue weighted by Crippen LogP contribution is 2.29. The number of aryl methyl sites for hydroxylation is 4. The average molecular weight is 532 g/mol. The molecule has 0 unspecified atom stereocenters. The van der Waals surface area contributed by atoms with Gasteiger partial charge in [-0.25, -0.2) is 8.42 Å². The van der Waals surface area contributed by atoms with Crippen LogP contribution in [0.3, 0.4) is 0 Å².